The van der Waals surface area contributed by atoms with E-state index in [1.165, 1.54) is 13.8 Å². The van der Waals surface area contributed by atoms with Gasteiger partial charge in [-0.1, -0.05) is 0 Å². The second-order valence-electron chi connectivity index (χ2n) is 3.32. The third kappa shape index (κ3) is 25.2. The first-order valence-electron chi connectivity index (χ1n) is 5.41. The molecule has 20 heavy (non-hydrogen) atoms. The van der Waals surface area contributed by atoms with E-state index in [4.69, 9.17) is 26.2 Å². The first-order chi connectivity index (χ1) is 9.11. The molecule has 0 saturated carbocycles. The number of carboxylic acids is 2. The second-order valence-corrected chi connectivity index (χ2v) is 3.32. The lowest BCUT2D eigenvalue weighted by atomic mass is 10.4. The van der Waals surface area contributed by atoms with Crippen molar-refractivity contribution in [2.45, 2.75) is 26.0 Å². The summed E-state index contributed by atoms with van der Waals surface area (Å²) in [7, 11) is 0. The smallest absolute Gasteiger partial charge is 0.320 e. The van der Waals surface area contributed by atoms with Gasteiger partial charge in [0, 0.05) is 6.92 Å². The molecule has 0 aromatic carbocycles. The van der Waals surface area contributed by atoms with E-state index in [9.17, 15) is 14.4 Å². The largest absolute Gasteiger partial charge is 0.480 e. The topological polar surface area (TPSA) is 193 Å². The van der Waals surface area contributed by atoms with Crippen molar-refractivity contribution in [3.05, 3.63) is 0 Å². The number of carbonyl (C=O) groups is 3. The number of aliphatic carboxylic acids is 2. The molecule has 0 aromatic heterocycles. The molecule has 0 heterocycles. The fourth-order valence-corrected chi connectivity index (χ4v) is 0.367. The van der Waals surface area contributed by atoms with Crippen molar-refractivity contribution >= 4 is 17.9 Å². The molecule has 0 aliphatic carbocycles. The number of hydrogen-bond donors (Lipinski definition) is 6. The van der Waals surface area contributed by atoms with Crippen LogP contribution in [0.5, 0.6) is 0 Å². The van der Waals surface area contributed by atoms with Gasteiger partial charge in [-0.3, -0.25) is 14.4 Å². The summed E-state index contributed by atoms with van der Waals surface area (Å²) in [5, 5.41) is 32.1. The predicted octanol–water partition coefficient (Wildman–Crippen LogP) is -2.65. The number of aliphatic hydroxyl groups is 2. The first-order valence-corrected chi connectivity index (χ1v) is 5.41. The highest BCUT2D eigenvalue weighted by Crippen LogP contribution is 1.88. The zero-order valence-electron chi connectivity index (χ0n) is 11.4. The molecule has 0 fully saturated rings. The number of ether oxygens (including phenoxy) is 1. The van der Waals surface area contributed by atoms with Gasteiger partial charge in [-0.15, -0.1) is 0 Å². The van der Waals surface area contributed by atoms with Gasteiger partial charge in [-0.05, 0) is 6.92 Å². The van der Waals surface area contributed by atoms with Crippen LogP contribution in [0.3, 0.4) is 0 Å². The van der Waals surface area contributed by atoms with Crippen LogP contribution in [0.4, 0.5) is 0 Å². The summed E-state index contributed by atoms with van der Waals surface area (Å²) in [6.07, 6.45) is -0.762. The van der Waals surface area contributed by atoms with Crippen LogP contribution in [0.15, 0.2) is 0 Å². The van der Waals surface area contributed by atoms with Crippen molar-refractivity contribution in [2.24, 2.45) is 11.5 Å². The van der Waals surface area contributed by atoms with Gasteiger partial charge >= 0.3 is 17.9 Å². The highest BCUT2D eigenvalue weighted by atomic mass is 16.6. The number of aliphatic hydroxyl groups excluding tert-OH is 2. The van der Waals surface area contributed by atoms with Crippen molar-refractivity contribution in [1.29, 1.82) is 0 Å². The Kier molecular flexibility index (Phi) is 17.9. The average molecular weight is 298 g/mol. The van der Waals surface area contributed by atoms with Crippen LogP contribution in [0, 0.1) is 0 Å². The number of esters is 1. The minimum atomic E-state index is -0.968. The van der Waals surface area contributed by atoms with Gasteiger partial charge < -0.3 is 36.6 Å². The standard InChI is InChI=1S/C5H10O4.C3H7NO2.C2H5NO2/c1-4(8)9-5(2-6)3-7;1-2(4)3(5)6;3-1-2(4)5/h5-7H,2-3H2,1H3;2H,4H2,1H3,(H,5,6);1,3H2,(H,4,5). The SMILES string of the molecule is CC(=O)OC(CO)CO.CC(N)C(=O)O.NCC(=O)O. The van der Waals surface area contributed by atoms with Gasteiger partial charge in [0.2, 0.25) is 0 Å². The predicted molar refractivity (Wildman–Crippen MR) is 67.7 cm³/mol. The van der Waals surface area contributed by atoms with Crippen LogP contribution >= 0.6 is 0 Å². The Bertz CT molecular complexity index is 278. The fourth-order valence-electron chi connectivity index (χ4n) is 0.367. The number of carboxylic acid groups (broad SMARTS) is 2. The molecule has 0 aliphatic rings. The summed E-state index contributed by atoms with van der Waals surface area (Å²) in [6, 6.07) is -0.731. The lowest BCUT2D eigenvalue weighted by Gasteiger charge is -2.09. The molecule has 0 aromatic rings. The van der Waals surface area contributed by atoms with Gasteiger partial charge in [-0.2, -0.15) is 0 Å². The Morgan fingerprint density at radius 2 is 1.45 bits per heavy atom. The van der Waals surface area contributed by atoms with Crippen molar-refractivity contribution in [3.63, 3.8) is 0 Å². The van der Waals surface area contributed by atoms with E-state index < -0.39 is 30.1 Å². The van der Waals surface area contributed by atoms with Crippen molar-refractivity contribution < 1.29 is 39.5 Å². The van der Waals surface area contributed by atoms with Crippen LogP contribution in [-0.4, -0.2) is 70.2 Å². The van der Waals surface area contributed by atoms with Crippen molar-refractivity contribution in [3.8, 4) is 0 Å². The summed E-state index contributed by atoms with van der Waals surface area (Å²) in [5.74, 6) is -2.43. The highest BCUT2D eigenvalue weighted by Gasteiger charge is 2.07. The van der Waals surface area contributed by atoms with Gasteiger partial charge in [0.25, 0.3) is 0 Å². The highest BCUT2D eigenvalue weighted by molar-refractivity contribution is 5.72. The molecule has 0 bridgehead atoms. The maximum atomic E-state index is 10.1. The molecule has 0 aliphatic heterocycles. The second kappa shape index (κ2) is 15.3. The van der Waals surface area contributed by atoms with Gasteiger partial charge in [0.05, 0.1) is 19.8 Å². The number of carbonyl (C=O) groups excluding carboxylic acids is 1. The van der Waals surface area contributed by atoms with E-state index in [1.54, 1.807) is 0 Å². The Morgan fingerprint density at radius 3 is 1.50 bits per heavy atom. The Hall–Kier alpha value is -1.75. The van der Waals surface area contributed by atoms with Gasteiger partial charge in [0.15, 0.2) is 0 Å². The van der Waals surface area contributed by atoms with Crippen LogP contribution in [0.2, 0.25) is 0 Å². The van der Waals surface area contributed by atoms with Crippen molar-refractivity contribution in [2.75, 3.05) is 19.8 Å². The van der Waals surface area contributed by atoms with Crippen LogP contribution in [0.25, 0.3) is 0 Å². The third-order valence-electron chi connectivity index (χ3n) is 1.30. The monoisotopic (exact) mass is 298 g/mol. The summed E-state index contributed by atoms with van der Waals surface area (Å²) >= 11 is 0. The van der Waals surface area contributed by atoms with Crippen LogP contribution in [0.1, 0.15) is 13.8 Å². The minimum Gasteiger partial charge on any atom is -0.480 e. The molecule has 0 saturated heterocycles. The molecule has 0 amide bonds. The van der Waals surface area contributed by atoms with E-state index >= 15 is 0 Å². The molecule has 1 unspecified atom stereocenters. The molecule has 120 valence electrons. The summed E-state index contributed by atoms with van der Waals surface area (Å²) in [5.41, 5.74) is 9.41. The average Bonchev–Trinajstić information content (AvgIpc) is 2.36. The number of rotatable bonds is 5. The quantitative estimate of drug-likeness (QED) is 0.292. The van der Waals surface area contributed by atoms with Crippen LogP contribution in [-0.2, 0) is 19.1 Å². The van der Waals surface area contributed by atoms with Gasteiger partial charge in [0.1, 0.15) is 12.1 Å². The maximum Gasteiger partial charge on any atom is 0.320 e. The molecule has 1 atom stereocenters. The Labute approximate surface area is 115 Å². The van der Waals surface area contributed by atoms with E-state index in [2.05, 4.69) is 10.5 Å². The first kappa shape index (κ1) is 23.4. The molecule has 10 nitrogen and oxygen atoms in total. The number of hydrogen-bond acceptors (Lipinski definition) is 8. The molecule has 0 spiro atoms. The van der Waals surface area contributed by atoms with E-state index in [1.807, 2.05) is 0 Å². The Balaban J connectivity index is -0.000000230. The molecular weight excluding hydrogens is 276 g/mol. The molecule has 10 heteroatoms. The summed E-state index contributed by atoms with van der Waals surface area (Å²) in [4.78, 5) is 28.9. The lowest BCUT2D eigenvalue weighted by Crippen LogP contribution is -2.25. The number of nitrogens with two attached hydrogens (primary N) is 2. The fraction of sp³-hybridized carbons (Fsp3) is 0.700. The third-order valence-corrected chi connectivity index (χ3v) is 1.30. The summed E-state index contributed by atoms with van der Waals surface area (Å²) < 4.78 is 4.41. The molecule has 0 rings (SSSR count). The van der Waals surface area contributed by atoms with E-state index in [0.29, 0.717) is 0 Å². The zero-order valence-corrected chi connectivity index (χ0v) is 11.4. The van der Waals surface area contributed by atoms with Crippen LogP contribution < -0.4 is 11.5 Å². The maximum absolute atomic E-state index is 10.1. The van der Waals surface area contributed by atoms with Gasteiger partial charge in [-0.25, -0.2) is 0 Å². The molecule has 0 radical (unpaired) electrons. The normalized spacial score (nSPS) is 10.3. The summed E-state index contributed by atoms with van der Waals surface area (Å²) in [6.45, 7) is 1.69. The molecule has 8 N–H and O–H groups in total. The lowest BCUT2D eigenvalue weighted by molar-refractivity contribution is -0.150. The zero-order chi connectivity index (χ0) is 16.7. The van der Waals surface area contributed by atoms with Crippen molar-refractivity contribution in [1.82, 2.24) is 0 Å². The minimum absolute atomic E-state index is 0.278. The Morgan fingerprint density at radius 1 is 1.15 bits per heavy atom. The van der Waals surface area contributed by atoms with E-state index in [0.717, 1.165) is 0 Å². The molecular formula is C10H22N2O8. The van der Waals surface area contributed by atoms with E-state index in [-0.39, 0.29) is 19.8 Å².